The van der Waals surface area contributed by atoms with Gasteiger partial charge in [-0.15, -0.1) is 0 Å². The van der Waals surface area contributed by atoms with Crippen LogP contribution in [0.15, 0.2) is 0 Å². The molecule has 2 atom stereocenters. The summed E-state index contributed by atoms with van der Waals surface area (Å²) in [5, 5.41) is 0. The summed E-state index contributed by atoms with van der Waals surface area (Å²) < 4.78 is 13.0. The van der Waals surface area contributed by atoms with Gasteiger partial charge in [-0.1, -0.05) is 6.92 Å². The Hall–Kier alpha value is -0.110. The Morgan fingerprint density at radius 3 is 2.45 bits per heavy atom. The van der Waals surface area contributed by atoms with Crippen LogP contribution in [-0.2, 0) is 0 Å². The van der Waals surface area contributed by atoms with Crippen LogP contribution in [0.5, 0.6) is 0 Å². The summed E-state index contributed by atoms with van der Waals surface area (Å²) in [4.78, 5) is 2.22. The molecule has 0 amide bonds. The molecule has 0 aromatic carbocycles. The molecule has 0 spiro atoms. The summed E-state index contributed by atoms with van der Waals surface area (Å²) >= 11 is 0. The fourth-order valence-electron chi connectivity index (χ4n) is 1.74. The van der Waals surface area contributed by atoms with Crippen molar-refractivity contribution in [3.8, 4) is 0 Å². The lowest BCUT2D eigenvalue weighted by Gasteiger charge is -2.35. The maximum absolute atomic E-state index is 13.0. The van der Waals surface area contributed by atoms with Crippen LogP contribution in [0.2, 0.25) is 0 Å². The van der Waals surface area contributed by atoms with Crippen molar-refractivity contribution in [1.82, 2.24) is 4.90 Å². The average molecular weight is 159 g/mol. The van der Waals surface area contributed by atoms with Crippen molar-refractivity contribution >= 4 is 0 Å². The van der Waals surface area contributed by atoms with E-state index in [1.165, 1.54) is 0 Å². The molecule has 1 rings (SSSR count). The quantitative estimate of drug-likeness (QED) is 0.566. The molecule has 1 aliphatic rings. The van der Waals surface area contributed by atoms with Crippen molar-refractivity contribution < 1.29 is 4.39 Å². The number of piperidine rings is 1. The van der Waals surface area contributed by atoms with Gasteiger partial charge in [-0.3, -0.25) is 4.90 Å². The second-order valence-electron chi connectivity index (χ2n) is 3.99. The zero-order valence-corrected chi connectivity index (χ0v) is 7.68. The molecule has 11 heavy (non-hydrogen) atoms. The first-order chi connectivity index (χ1) is 5.09. The number of nitrogens with zero attached hydrogens (tertiary/aromatic N) is 1. The smallest absolute Gasteiger partial charge is 0.113 e. The van der Waals surface area contributed by atoms with Gasteiger partial charge in [0.15, 0.2) is 0 Å². The van der Waals surface area contributed by atoms with E-state index in [9.17, 15) is 4.39 Å². The molecule has 1 saturated heterocycles. The monoisotopic (exact) mass is 159 g/mol. The zero-order chi connectivity index (χ0) is 8.43. The maximum atomic E-state index is 13.0. The van der Waals surface area contributed by atoms with Gasteiger partial charge >= 0.3 is 0 Å². The minimum absolute atomic E-state index is 0.496. The van der Waals surface area contributed by atoms with Crippen molar-refractivity contribution in [3.63, 3.8) is 0 Å². The van der Waals surface area contributed by atoms with E-state index in [1.54, 1.807) is 0 Å². The Kier molecular flexibility index (Phi) is 2.88. The molecule has 1 nitrogen and oxygen atoms in total. The summed E-state index contributed by atoms with van der Waals surface area (Å²) in [5.74, 6) is 0.529. The molecule has 0 aliphatic carbocycles. The number of hydrogen-bond donors (Lipinski definition) is 0. The van der Waals surface area contributed by atoms with Gasteiger partial charge in [-0.2, -0.15) is 0 Å². The van der Waals surface area contributed by atoms with E-state index in [1.807, 2.05) is 0 Å². The molecule has 0 aromatic heterocycles. The summed E-state index contributed by atoms with van der Waals surface area (Å²) in [6, 6.07) is 0.496. The van der Waals surface area contributed by atoms with Crippen molar-refractivity contribution in [2.24, 2.45) is 5.92 Å². The van der Waals surface area contributed by atoms with E-state index < -0.39 is 6.17 Å². The van der Waals surface area contributed by atoms with Crippen molar-refractivity contribution in [2.75, 3.05) is 13.1 Å². The minimum Gasteiger partial charge on any atom is -0.298 e. The molecule has 1 aliphatic heterocycles. The second-order valence-corrected chi connectivity index (χ2v) is 3.99. The molecule has 2 heteroatoms. The number of rotatable bonds is 1. The van der Waals surface area contributed by atoms with E-state index in [0.717, 1.165) is 13.0 Å². The van der Waals surface area contributed by atoms with Crippen LogP contribution in [0.1, 0.15) is 27.2 Å². The highest BCUT2D eigenvalue weighted by molar-refractivity contribution is 4.78. The minimum atomic E-state index is -0.596. The number of hydrogen-bond acceptors (Lipinski definition) is 1. The van der Waals surface area contributed by atoms with Crippen LogP contribution in [0, 0.1) is 5.92 Å². The third-order valence-corrected chi connectivity index (χ3v) is 2.37. The number of likely N-dealkylation sites (tertiary alicyclic amines) is 1. The van der Waals surface area contributed by atoms with E-state index in [4.69, 9.17) is 0 Å². The van der Waals surface area contributed by atoms with E-state index in [-0.39, 0.29) is 0 Å². The topological polar surface area (TPSA) is 3.24 Å². The highest BCUT2D eigenvalue weighted by Gasteiger charge is 2.25. The third kappa shape index (κ3) is 2.44. The highest BCUT2D eigenvalue weighted by Crippen LogP contribution is 2.19. The Morgan fingerprint density at radius 1 is 1.36 bits per heavy atom. The lowest BCUT2D eigenvalue weighted by Crippen LogP contribution is -2.44. The van der Waals surface area contributed by atoms with E-state index in [2.05, 4.69) is 25.7 Å². The normalized spacial score (nSPS) is 34.6. The SMILES string of the molecule is CC1CC(F)CN(C(C)C)C1. The average Bonchev–Trinajstić information content (AvgIpc) is 1.85. The second kappa shape index (κ2) is 3.53. The zero-order valence-electron chi connectivity index (χ0n) is 7.68. The van der Waals surface area contributed by atoms with E-state index >= 15 is 0 Å². The molecule has 2 unspecified atom stereocenters. The van der Waals surface area contributed by atoms with Crippen LogP contribution in [0.3, 0.4) is 0 Å². The molecule has 66 valence electrons. The van der Waals surface area contributed by atoms with Gasteiger partial charge in [-0.05, 0) is 26.2 Å². The lowest BCUT2D eigenvalue weighted by atomic mass is 9.98. The van der Waals surface area contributed by atoms with Gasteiger partial charge in [0.2, 0.25) is 0 Å². The molecule has 0 N–H and O–H groups in total. The molecule has 1 fully saturated rings. The Bertz CT molecular complexity index is 115. The molecule has 0 saturated carbocycles. The molecule has 1 heterocycles. The van der Waals surface area contributed by atoms with Gasteiger partial charge in [0.1, 0.15) is 6.17 Å². The van der Waals surface area contributed by atoms with Crippen molar-refractivity contribution in [3.05, 3.63) is 0 Å². The van der Waals surface area contributed by atoms with Gasteiger partial charge in [0.05, 0.1) is 0 Å². The van der Waals surface area contributed by atoms with Gasteiger partial charge in [0, 0.05) is 19.1 Å². The molecular formula is C9H18FN. The van der Waals surface area contributed by atoms with Crippen molar-refractivity contribution in [2.45, 2.75) is 39.4 Å². The van der Waals surface area contributed by atoms with Crippen LogP contribution in [0.25, 0.3) is 0 Å². The predicted molar refractivity (Wildman–Crippen MR) is 45.4 cm³/mol. The summed E-state index contributed by atoms with van der Waals surface area (Å²) in [6.07, 6.45) is 0.157. The highest BCUT2D eigenvalue weighted by atomic mass is 19.1. The number of alkyl halides is 1. The molecule has 0 bridgehead atoms. The summed E-state index contributed by atoms with van der Waals surface area (Å²) in [5.41, 5.74) is 0. The van der Waals surface area contributed by atoms with Crippen LogP contribution in [-0.4, -0.2) is 30.2 Å². The first-order valence-corrected chi connectivity index (χ1v) is 4.47. The van der Waals surface area contributed by atoms with Gasteiger partial charge in [-0.25, -0.2) is 4.39 Å². The first kappa shape index (κ1) is 8.98. The fourth-order valence-corrected chi connectivity index (χ4v) is 1.74. The Balaban J connectivity index is 2.43. The predicted octanol–water partition coefficient (Wildman–Crippen LogP) is 2.07. The van der Waals surface area contributed by atoms with Crippen molar-refractivity contribution in [1.29, 1.82) is 0 Å². The first-order valence-electron chi connectivity index (χ1n) is 4.47. The molecule has 0 aromatic rings. The van der Waals surface area contributed by atoms with E-state index in [0.29, 0.717) is 18.5 Å². The molecule has 0 radical (unpaired) electrons. The Labute approximate surface area is 68.6 Å². The summed E-state index contributed by atoms with van der Waals surface area (Å²) in [6.45, 7) is 8.09. The number of halogens is 1. The maximum Gasteiger partial charge on any atom is 0.113 e. The lowest BCUT2D eigenvalue weighted by molar-refractivity contribution is 0.0798. The fraction of sp³-hybridized carbons (Fsp3) is 1.00. The Morgan fingerprint density at radius 2 is 2.00 bits per heavy atom. The largest absolute Gasteiger partial charge is 0.298 e. The van der Waals surface area contributed by atoms with Gasteiger partial charge in [0.25, 0.3) is 0 Å². The van der Waals surface area contributed by atoms with Crippen LogP contribution >= 0.6 is 0 Å². The third-order valence-electron chi connectivity index (χ3n) is 2.37. The van der Waals surface area contributed by atoms with Gasteiger partial charge < -0.3 is 0 Å². The molecular weight excluding hydrogens is 141 g/mol. The van der Waals surface area contributed by atoms with Crippen LogP contribution in [0.4, 0.5) is 4.39 Å². The standard InChI is InChI=1S/C9H18FN/c1-7(2)11-5-8(3)4-9(10)6-11/h7-9H,4-6H2,1-3H3. The summed E-state index contributed by atoms with van der Waals surface area (Å²) in [7, 11) is 0. The van der Waals surface area contributed by atoms with Crippen LogP contribution < -0.4 is 0 Å².